The van der Waals surface area contributed by atoms with Crippen LogP contribution in [0.15, 0.2) is 27.6 Å². The van der Waals surface area contributed by atoms with E-state index >= 15 is 0 Å². The number of aliphatic hydroxyl groups is 1. The number of amides is 1. The van der Waals surface area contributed by atoms with Crippen molar-refractivity contribution < 1.29 is 9.90 Å². The number of pyridine rings is 1. The summed E-state index contributed by atoms with van der Waals surface area (Å²) in [7, 11) is 0. The fourth-order valence-electron chi connectivity index (χ4n) is 2.44. The van der Waals surface area contributed by atoms with Gasteiger partial charge in [0.2, 0.25) is 5.91 Å². The van der Waals surface area contributed by atoms with Gasteiger partial charge < -0.3 is 15.0 Å². The van der Waals surface area contributed by atoms with Crippen LogP contribution in [0.1, 0.15) is 25.7 Å². The molecule has 1 aliphatic rings. The summed E-state index contributed by atoms with van der Waals surface area (Å²) >= 11 is 3.28. The summed E-state index contributed by atoms with van der Waals surface area (Å²) in [6.45, 7) is 0.655. The Hall–Kier alpha value is -1.14. The Kier molecular flexibility index (Phi) is 5.37. The number of aromatic nitrogens is 1. The van der Waals surface area contributed by atoms with Gasteiger partial charge in [-0.25, -0.2) is 0 Å². The van der Waals surface area contributed by atoms with Crippen LogP contribution in [-0.2, 0) is 11.3 Å². The maximum atomic E-state index is 11.8. The molecule has 6 heteroatoms. The number of hydrogen-bond acceptors (Lipinski definition) is 3. The van der Waals surface area contributed by atoms with Crippen LogP contribution in [0.2, 0.25) is 0 Å². The number of nitrogens with one attached hydrogen (secondary N) is 1. The lowest BCUT2D eigenvalue weighted by Gasteiger charge is -2.25. The van der Waals surface area contributed by atoms with Crippen LogP contribution in [0.3, 0.4) is 0 Å². The van der Waals surface area contributed by atoms with E-state index in [1.165, 1.54) is 10.6 Å². The first kappa shape index (κ1) is 15.3. The van der Waals surface area contributed by atoms with Gasteiger partial charge in [-0.15, -0.1) is 0 Å². The second-order valence-electron chi connectivity index (χ2n) is 5.29. The second-order valence-corrected chi connectivity index (χ2v) is 6.21. The minimum absolute atomic E-state index is 0.0353. The third-order valence-electron chi connectivity index (χ3n) is 3.67. The van der Waals surface area contributed by atoms with E-state index in [0.29, 0.717) is 12.5 Å². The van der Waals surface area contributed by atoms with Gasteiger partial charge in [-0.05, 0) is 53.6 Å². The molecule has 0 aliphatic heterocycles. The Morgan fingerprint density at radius 3 is 2.75 bits per heavy atom. The van der Waals surface area contributed by atoms with Crippen molar-refractivity contribution in [2.45, 2.75) is 38.3 Å². The lowest BCUT2D eigenvalue weighted by Crippen LogP contribution is -2.36. The maximum Gasteiger partial charge on any atom is 0.251 e. The Balaban J connectivity index is 1.81. The first-order valence-corrected chi connectivity index (χ1v) is 7.64. The fraction of sp³-hybridized carbons (Fsp3) is 0.571. The molecule has 1 saturated carbocycles. The summed E-state index contributed by atoms with van der Waals surface area (Å²) in [5.41, 5.74) is -0.191. The molecule has 1 heterocycles. The van der Waals surface area contributed by atoms with Crippen molar-refractivity contribution >= 4 is 21.8 Å². The average Bonchev–Trinajstić information content (AvgIpc) is 2.42. The van der Waals surface area contributed by atoms with Crippen LogP contribution < -0.4 is 10.9 Å². The first-order chi connectivity index (χ1) is 9.54. The topological polar surface area (TPSA) is 71.3 Å². The SMILES string of the molecule is O=C(Cn1cc(Br)ccc1=O)NCC1CCC(O)CC1. The molecule has 1 fully saturated rings. The summed E-state index contributed by atoms with van der Waals surface area (Å²) in [5, 5.41) is 12.3. The second kappa shape index (κ2) is 7.04. The zero-order valence-electron chi connectivity index (χ0n) is 11.2. The Morgan fingerprint density at radius 1 is 1.35 bits per heavy atom. The lowest BCUT2D eigenvalue weighted by molar-refractivity contribution is -0.122. The first-order valence-electron chi connectivity index (χ1n) is 6.85. The quantitative estimate of drug-likeness (QED) is 0.865. The summed E-state index contributed by atoms with van der Waals surface area (Å²) in [5.74, 6) is 0.276. The van der Waals surface area contributed by atoms with Gasteiger partial charge in [0.15, 0.2) is 0 Å². The molecule has 1 aromatic rings. The fourth-order valence-corrected chi connectivity index (χ4v) is 2.82. The highest BCUT2D eigenvalue weighted by Crippen LogP contribution is 2.23. The molecular weight excluding hydrogens is 324 g/mol. The molecule has 20 heavy (non-hydrogen) atoms. The molecule has 2 rings (SSSR count). The Bertz CT molecular complexity index is 521. The van der Waals surface area contributed by atoms with Gasteiger partial charge in [-0.3, -0.25) is 9.59 Å². The van der Waals surface area contributed by atoms with Crippen LogP contribution in [0, 0.1) is 5.92 Å². The highest BCUT2D eigenvalue weighted by molar-refractivity contribution is 9.10. The molecule has 0 atom stereocenters. The van der Waals surface area contributed by atoms with E-state index < -0.39 is 0 Å². The molecule has 0 saturated heterocycles. The molecule has 0 aromatic carbocycles. The molecule has 5 nitrogen and oxygen atoms in total. The van der Waals surface area contributed by atoms with E-state index in [0.717, 1.165) is 30.2 Å². The highest BCUT2D eigenvalue weighted by atomic mass is 79.9. The van der Waals surface area contributed by atoms with Crippen molar-refractivity contribution in [3.05, 3.63) is 33.2 Å². The molecule has 2 N–H and O–H groups in total. The molecule has 1 amide bonds. The smallest absolute Gasteiger partial charge is 0.251 e. The summed E-state index contributed by atoms with van der Waals surface area (Å²) < 4.78 is 2.15. The van der Waals surface area contributed by atoms with Gasteiger partial charge in [-0.2, -0.15) is 0 Å². The van der Waals surface area contributed by atoms with Crippen molar-refractivity contribution in [1.29, 1.82) is 0 Å². The third-order valence-corrected chi connectivity index (χ3v) is 4.13. The zero-order chi connectivity index (χ0) is 14.5. The van der Waals surface area contributed by atoms with E-state index in [1.54, 1.807) is 12.3 Å². The summed E-state index contributed by atoms with van der Waals surface area (Å²) in [6.07, 6.45) is 4.94. The molecule has 0 bridgehead atoms. The number of rotatable bonds is 4. The van der Waals surface area contributed by atoms with E-state index in [9.17, 15) is 14.7 Å². The normalized spacial score (nSPS) is 22.5. The number of carbonyl (C=O) groups is 1. The molecule has 0 spiro atoms. The standard InChI is InChI=1S/C14H19BrN2O3/c15-11-3-6-14(20)17(8-11)9-13(19)16-7-10-1-4-12(18)5-2-10/h3,6,8,10,12,18H,1-2,4-5,7,9H2,(H,16,19). The number of nitrogens with zero attached hydrogens (tertiary/aromatic N) is 1. The van der Waals surface area contributed by atoms with Crippen molar-refractivity contribution in [1.82, 2.24) is 9.88 Å². The largest absolute Gasteiger partial charge is 0.393 e. The monoisotopic (exact) mass is 342 g/mol. The van der Waals surface area contributed by atoms with Crippen LogP contribution in [0.4, 0.5) is 0 Å². The van der Waals surface area contributed by atoms with Crippen LogP contribution in [0.5, 0.6) is 0 Å². The van der Waals surface area contributed by atoms with Gasteiger partial charge in [0.05, 0.1) is 6.10 Å². The number of aliphatic hydroxyl groups excluding tert-OH is 1. The van der Waals surface area contributed by atoms with Gasteiger partial charge in [0.1, 0.15) is 6.54 Å². The minimum atomic E-state index is -0.191. The lowest BCUT2D eigenvalue weighted by atomic mass is 9.87. The highest BCUT2D eigenvalue weighted by Gasteiger charge is 2.19. The van der Waals surface area contributed by atoms with Crippen LogP contribution in [0.25, 0.3) is 0 Å². The maximum absolute atomic E-state index is 11.8. The van der Waals surface area contributed by atoms with Crippen molar-refractivity contribution in [3.8, 4) is 0 Å². The molecule has 1 aromatic heterocycles. The van der Waals surface area contributed by atoms with E-state index in [4.69, 9.17) is 0 Å². The van der Waals surface area contributed by atoms with Crippen LogP contribution in [-0.4, -0.2) is 28.2 Å². The number of halogens is 1. The van der Waals surface area contributed by atoms with Crippen molar-refractivity contribution in [2.75, 3.05) is 6.54 Å². The molecule has 0 unspecified atom stereocenters. The Labute approximate surface area is 126 Å². The average molecular weight is 343 g/mol. The number of hydrogen-bond donors (Lipinski definition) is 2. The van der Waals surface area contributed by atoms with E-state index in [1.807, 2.05) is 0 Å². The third kappa shape index (κ3) is 4.45. The van der Waals surface area contributed by atoms with Crippen molar-refractivity contribution in [3.63, 3.8) is 0 Å². The van der Waals surface area contributed by atoms with E-state index in [2.05, 4.69) is 21.2 Å². The van der Waals surface area contributed by atoms with Gasteiger partial charge >= 0.3 is 0 Å². The van der Waals surface area contributed by atoms with Gasteiger partial charge in [0.25, 0.3) is 5.56 Å². The van der Waals surface area contributed by atoms with Crippen molar-refractivity contribution in [2.24, 2.45) is 5.92 Å². The Morgan fingerprint density at radius 2 is 2.05 bits per heavy atom. The molecule has 1 aliphatic carbocycles. The van der Waals surface area contributed by atoms with Gasteiger partial charge in [0, 0.05) is 23.3 Å². The predicted molar refractivity (Wildman–Crippen MR) is 79.4 cm³/mol. The van der Waals surface area contributed by atoms with E-state index in [-0.39, 0.29) is 24.1 Å². The molecule has 0 radical (unpaired) electrons. The van der Waals surface area contributed by atoms with Gasteiger partial charge in [-0.1, -0.05) is 0 Å². The van der Waals surface area contributed by atoms with Crippen LogP contribution >= 0.6 is 15.9 Å². The minimum Gasteiger partial charge on any atom is -0.393 e. The summed E-state index contributed by atoms with van der Waals surface area (Å²) in [4.78, 5) is 23.4. The molecular formula is C14H19BrN2O3. The molecule has 110 valence electrons. The zero-order valence-corrected chi connectivity index (χ0v) is 12.8. The summed E-state index contributed by atoms with van der Waals surface area (Å²) in [6, 6.07) is 3.09. The number of carbonyl (C=O) groups excluding carboxylic acids is 1. The predicted octanol–water partition coefficient (Wildman–Crippen LogP) is 1.28.